The molecule has 0 radical (unpaired) electrons. The van der Waals surface area contributed by atoms with E-state index in [1.807, 2.05) is 0 Å². The molecule has 1 N–H and O–H groups in total. The molecular weight excluding hydrogens is 407 g/mol. The van der Waals surface area contributed by atoms with Crippen molar-refractivity contribution >= 4 is 7.82 Å². The second kappa shape index (κ2) is 24.7. The highest BCUT2D eigenvalue weighted by Crippen LogP contribution is 2.43. The molecule has 0 saturated heterocycles. The summed E-state index contributed by atoms with van der Waals surface area (Å²) in [7, 11) is -3.85. The normalized spacial score (nSPS) is 12.0. The van der Waals surface area contributed by atoms with E-state index in [4.69, 9.17) is 9.05 Å². The Labute approximate surface area is 194 Å². The Kier molecular flexibility index (Phi) is 24.8. The fourth-order valence-electron chi connectivity index (χ4n) is 3.93. The number of phosphoric ester groups is 1. The van der Waals surface area contributed by atoms with E-state index in [1.54, 1.807) is 0 Å². The van der Waals surface area contributed by atoms with Gasteiger partial charge >= 0.3 is 7.82 Å². The summed E-state index contributed by atoms with van der Waals surface area (Å²) in [6.07, 6.45) is 27.7. The third-order valence-corrected chi connectivity index (χ3v) is 7.02. The van der Waals surface area contributed by atoms with Crippen LogP contribution in [0.2, 0.25) is 0 Å². The van der Waals surface area contributed by atoms with Crippen molar-refractivity contribution in [3.63, 3.8) is 0 Å². The first-order valence-electron chi connectivity index (χ1n) is 13.7. The summed E-state index contributed by atoms with van der Waals surface area (Å²) in [6.45, 7) is 5.15. The zero-order valence-electron chi connectivity index (χ0n) is 21.1. The summed E-state index contributed by atoms with van der Waals surface area (Å²) < 4.78 is 22.1. The van der Waals surface area contributed by atoms with Gasteiger partial charge in [-0.15, -0.1) is 0 Å². The average molecular weight is 463 g/mol. The van der Waals surface area contributed by atoms with E-state index >= 15 is 0 Å². The molecule has 0 aliphatic rings. The van der Waals surface area contributed by atoms with Crippen LogP contribution in [0.3, 0.4) is 0 Å². The highest BCUT2D eigenvalue weighted by Gasteiger charge is 2.19. The first-order chi connectivity index (χ1) is 15.1. The number of hydrogen-bond acceptors (Lipinski definition) is 3. The Morgan fingerprint density at radius 1 is 0.452 bits per heavy atom. The molecule has 5 heteroatoms. The Balaban J connectivity index is 3.30. The topological polar surface area (TPSA) is 55.8 Å². The average Bonchev–Trinajstić information content (AvgIpc) is 2.75. The molecule has 0 saturated carbocycles. The van der Waals surface area contributed by atoms with E-state index in [-0.39, 0.29) is 0 Å². The van der Waals surface area contributed by atoms with Crippen molar-refractivity contribution in [1.29, 1.82) is 0 Å². The molecule has 4 nitrogen and oxygen atoms in total. The maximum absolute atomic E-state index is 11.9. The van der Waals surface area contributed by atoms with Crippen molar-refractivity contribution in [3.05, 3.63) is 0 Å². The molecule has 0 heterocycles. The first kappa shape index (κ1) is 31.1. The first-order valence-corrected chi connectivity index (χ1v) is 15.2. The minimum Gasteiger partial charge on any atom is -0.302 e. The zero-order chi connectivity index (χ0) is 22.9. The van der Waals surface area contributed by atoms with Crippen LogP contribution in [-0.4, -0.2) is 18.1 Å². The third kappa shape index (κ3) is 26.2. The summed E-state index contributed by atoms with van der Waals surface area (Å²) in [5.41, 5.74) is 0. The Morgan fingerprint density at radius 3 is 0.935 bits per heavy atom. The van der Waals surface area contributed by atoms with Crippen LogP contribution in [0.15, 0.2) is 0 Å². The molecule has 0 aliphatic carbocycles. The molecule has 0 bridgehead atoms. The lowest BCUT2D eigenvalue weighted by atomic mass is 10.1. The van der Waals surface area contributed by atoms with E-state index in [9.17, 15) is 9.46 Å². The molecule has 0 unspecified atom stereocenters. The number of rotatable bonds is 26. The van der Waals surface area contributed by atoms with Crippen molar-refractivity contribution in [2.24, 2.45) is 0 Å². The second-order valence-electron chi connectivity index (χ2n) is 9.21. The maximum atomic E-state index is 11.9. The van der Waals surface area contributed by atoms with Crippen LogP contribution in [0, 0.1) is 0 Å². The molecule has 0 aliphatic heterocycles. The molecule has 0 fully saturated rings. The van der Waals surface area contributed by atoms with Crippen LogP contribution in [0.5, 0.6) is 0 Å². The molecule has 0 rings (SSSR count). The van der Waals surface area contributed by atoms with E-state index in [0.29, 0.717) is 13.2 Å². The van der Waals surface area contributed by atoms with Crippen molar-refractivity contribution < 1.29 is 18.5 Å². The lowest BCUT2D eigenvalue weighted by Crippen LogP contribution is -1.99. The molecule has 31 heavy (non-hydrogen) atoms. The second-order valence-corrected chi connectivity index (χ2v) is 10.7. The van der Waals surface area contributed by atoms with Crippen LogP contribution in [0.1, 0.15) is 155 Å². The molecule has 188 valence electrons. The largest absolute Gasteiger partial charge is 0.472 e. The fraction of sp³-hybridized carbons (Fsp3) is 1.00. The minimum absolute atomic E-state index is 0.322. The van der Waals surface area contributed by atoms with Crippen molar-refractivity contribution in [2.75, 3.05) is 13.2 Å². The fourth-order valence-corrected chi connectivity index (χ4v) is 4.72. The molecular formula is C26H55O4P. The van der Waals surface area contributed by atoms with Gasteiger partial charge in [0.2, 0.25) is 0 Å². The van der Waals surface area contributed by atoms with Gasteiger partial charge in [-0.2, -0.15) is 0 Å². The van der Waals surface area contributed by atoms with E-state index in [0.717, 1.165) is 25.7 Å². The predicted molar refractivity (Wildman–Crippen MR) is 135 cm³/mol. The van der Waals surface area contributed by atoms with Gasteiger partial charge in [0, 0.05) is 0 Å². The molecule has 0 aromatic rings. The van der Waals surface area contributed by atoms with Gasteiger partial charge in [-0.05, 0) is 12.8 Å². The Hall–Kier alpha value is 0.110. The van der Waals surface area contributed by atoms with Crippen LogP contribution in [0.4, 0.5) is 0 Å². The van der Waals surface area contributed by atoms with Gasteiger partial charge in [0.25, 0.3) is 0 Å². The quantitative estimate of drug-likeness (QED) is 0.103. The Morgan fingerprint density at radius 2 is 0.677 bits per heavy atom. The van der Waals surface area contributed by atoms with Crippen LogP contribution in [0.25, 0.3) is 0 Å². The number of phosphoric acid groups is 1. The van der Waals surface area contributed by atoms with Crippen LogP contribution < -0.4 is 0 Å². The zero-order valence-corrected chi connectivity index (χ0v) is 22.0. The number of unbranched alkanes of at least 4 members (excludes halogenated alkanes) is 20. The molecule has 0 amide bonds. The maximum Gasteiger partial charge on any atom is 0.472 e. The van der Waals surface area contributed by atoms with Gasteiger partial charge in [0.15, 0.2) is 0 Å². The van der Waals surface area contributed by atoms with E-state index in [1.165, 1.54) is 116 Å². The summed E-state index contributed by atoms with van der Waals surface area (Å²) in [4.78, 5) is 9.75. The summed E-state index contributed by atoms with van der Waals surface area (Å²) >= 11 is 0. The van der Waals surface area contributed by atoms with Crippen molar-refractivity contribution in [1.82, 2.24) is 0 Å². The molecule has 0 aromatic heterocycles. The smallest absolute Gasteiger partial charge is 0.302 e. The summed E-state index contributed by atoms with van der Waals surface area (Å²) in [5.74, 6) is 0. The van der Waals surface area contributed by atoms with Gasteiger partial charge in [-0.25, -0.2) is 4.57 Å². The van der Waals surface area contributed by atoms with Crippen LogP contribution in [-0.2, 0) is 13.6 Å². The van der Waals surface area contributed by atoms with Gasteiger partial charge in [0.1, 0.15) is 0 Å². The monoisotopic (exact) mass is 462 g/mol. The standard InChI is InChI=1S/C26H55O4P/c1-3-5-7-9-11-13-15-17-19-21-23-25-29-31(27,28)30-26-24-22-20-18-16-14-12-10-8-6-4-2/h3-26H2,1-2H3,(H,27,28). The SMILES string of the molecule is CCCCCCCCCCCCCOP(=O)(O)OCCCCCCCCCCCCC. The number of hydrogen-bond donors (Lipinski definition) is 1. The summed E-state index contributed by atoms with van der Waals surface area (Å²) in [6, 6.07) is 0. The molecule has 0 atom stereocenters. The van der Waals surface area contributed by atoms with Gasteiger partial charge in [-0.1, -0.05) is 142 Å². The molecule has 0 spiro atoms. The predicted octanol–water partition coefficient (Wildman–Crippen LogP) is 9.74. The van der Waals surface area contributed by atoms with Gasteiger partial charge in [-0.3, -0.25) is 9.05 Å². The van der Waals surface area contributed by atoms with E-state index < -0.39 is 7.82 Å². The van der Waals surface area contributed by atoms with Crippen molar-refractivity contribution in [2.45, 2.75) is 155 Å². The highest BCUT2D eigenvalue weighted by atomic mass is 31.2. The lowest BCUT2D eigenvalue weighted by Gasteiger charge is -2.12. The van der Waals surface area contributed by atoms with E-state index in [2.05, 4.69) is 13.8 Å². The van der Waals surface area contributed by atoms with Crippen LogP contribution >= 0.6 is 7.82 Å². The lowest BCUT2D eigenvalue weighted by molar-refractivity contribution is 0.145. The molecule has 0 aromatic carbocycles. The summed E-state index contributed by atoms with van der Waals surface area (Å²) in [5, 5.41) is 0. The van der Waals surface area contributed by atoms with Gasteiger partial charge < -0.3 is 4.89 Å². The minimum atomic E-state index is -3.85. The Bertz CT molecular complexity index is 358. The van der Waals surface area contributed by atoms with Gasteiger partial charge in [0.05, 0.1) is 13.2 Å². The van der Waals surface area contributed by atoms with Crippen molar-refractivity contribution in [3.8, 4) is 0 Å². The third-order valence-electron chi connectivity index (χ3n) is 6.00. The highest BCUT2D eigenvalue weighted by molar-refractivity contribution is 7.47.